The van der Waals surface area contributed by atoms with Crippen molar-refractivity contribution in [2.75, 3.05) is 0 Å². The molecular formula is C18H19BrO. The van der Waals surface area contributed by atoms with Crippen LogP contribution in [-0.4, -0.2) is 5.78 Å². The summed E-state index contributed by atoms with van der Waals surface area (Å²) in [6, 6.07) is 13.7. The fourth-order valence-electron chi connectivity index (χ4n) is 2.10. The van der Waals surface area contributed by atoms with E-state index in [4.69, 9.17) is 0 Å². The van der Waals surface area contributed by atoms with Crippen molar-refractivity contribution < 1.29 is 4.79 Å². The quantitative estimate of drug-likeness (QED) is 0.676. The van der Waals surface area contributed by atoms with Crippen LogP contribution in [0.15, 0.2) is 46.9 Å². The van der Waals surface area contributed by atoms with Gasteiger partial charge in [-0.05, 0) is 36.5 Å². The van der Waals surface area contributed by atoms with E-state index < -0.39 is 0 Å². The van der Waals surface area contributed by atoms with E-state index in [9.17, 15) is 4.79 Å². The number of rotatable bonds is 4. The summed E-state index contributed by atoms with van der Waals surface area (Å²) in [7, 11) is 0. The van der Waals surface area contributed by atoms with Crippen LogP contribution in [0.3, 0.4) is 0 Å². The van der Waals surface area contributed by atoms with Crippen LogP contribution in [0.4, 0.5) is 0 Å². The van der Waals surface area contributed by atoms with Gasteiger partial charge in [0.25, 0.3) is 0 Å². The second-order valence-corrected chi connectivity index (χ2v) is 6.08. The van der Waals surface area contributed by atoms with Crippen LogP contribution in [-0.2, 0) is 0 Å². The van der Waals surface area contributed by atoms with Crippen molar-refractivity contribution in [2.24, 2.45) is 0 Å². The van der Waals surface area contributed by atoms with E-state index in [0.29, 0.717) is 5.92 Å². The van der Waals surface area contributed by atoms with Gasteiger partial charge < -0.3 is 0 Å². The molecule has 0 amide bonds. The molecule has 0 fully saturated rings. The lowest BCUT2D eigenvalue weighted by atomic mass is 9.95. The first-order valence-corrected chi connectivity index (χ1v) is 7.73. The number of hydrogen-bond donors (Lipinski definition) is 0. The third-order valence-electron chi connectivity index (χ3n) is 3.79. The lowest BCUT2D eigenvalue weighted by Gasteiger charge is -2.09. The Morgan fingerprint density at radius 2 is 1.70 bits per heavy atom. The Hall–Kier alpha value is -1.41. The van der Waals surface area contributed by atoms with Crippen LogP contribution in [0.25, 0.3) is 0 Å². The predicted octanol–water partition coefficient (Wildman–Crippen LogP) is 5.50. The molecule has 104 valence electrons. The number of carbonyl (C=O) groups excluding carboxylic acids is 1. The topological polar surface area (TPSA) is 17.1 Å². The first-order chi connectivity index (χ1) is 9.52. The van der Waals surface area contributed by atoms with Crippen molar-refractivity contribution in [3.05, 3.63) is 69.2 Å². The van der Waals surface area contributed by atoms with Gasteiger partial charge in [-0.1, -0.05) is 66.2 Å². The smallest absolute Gasteiger partial charge is 0.193 e. The maximum Gasteiger partial charge on any atom is 0.193 e. The number of benzene rings is 2. The van der Waals surface area contributed by atoms with Crippen molar-refractivity contribution in [1.29, 1.82) is 0 Å². The van der Waals surface area contributed by atoms with Gasteiger partial charge in [-0.2, -0.15) is 0 Å². The molecule has 1 nitrogen and oxygen atoms in total. The highest BCUT2D eigenvalue weighted by atomic mass is 79.9. The molecule has 0 spiro atoms. The number of aryl methyl sites for hydroxylation is 1. The number of halogens is 1. The van der Waals surface area contributed by atoms with Gasteiger partial charge >= 0.3 is 0 Å². The van der Waals surface area contributed by atoms with Crippen LogP contribution in [0.5, 0.6) is 0 Å². The molecule has 0 aliphatic heterocycles. The van der Waals surface area contributed by atoms with Gasteiger partial charge in [0.15, 0.2) is 5.78 Å². The van der Waals surface area contributed by atoms with E-state index in [1.807, 2.05) is 37.3 Å². The van der Waals surface area contributed by atoms with Crippen LogP contribution in [0.2, 0.25) is 0 Å². The van der Waals surface area contributed by atoms with E-state index >= 15 is 0 Å². The molecule has 2 aromatic carbocycles. The summed E-state index contributed by atoms with van der Waals surface area (Å²) in [5.41, 5.74) is 3.88. The van der Waals surface area contributed by atoms with Gasteiger partial charge in [0, 0.05) is 15.6 Å². The summed E-state index contributed by atoms with van der Waals surface area (Å²) in [5.74, 6) is 0.606. The average molecular weight is 331 g/mol. The number of ketones is 1. The second kappa shape index (κ2) is 6.36. The van der Waals surface area contributed by atoms with E-state index in [2.05, 4.69) is 41.9 Å². The molecule has 1 atom stereocenters. The van der Waals surface area contributed by atoms with E-state index in [1.54, 1.807) is 0 Å². The second-order valence-electron chi connectivity index (χ2n) is 5.22. The third-order valence-corrected chi connectivity index (χ3v) is 4.64. The molecule has 0 saturated carbocycles. The van der Waals surface area contributed by atoms with Gasteiger partial charge in [-0.3, -0.25) is 4.79 Å². The summed E-state index contributed by atoms with van der Waals surface area (Å²) in [4.78, 5) is 12.4. The molecule has 0 aliphatic rings. The van der Waals surface area contributed by atoms with Crippen molar-refractivity contribution in [3.8, 4) is 0 Å². The zero-order valence-electron chi connectivity index (χ0n) is 12.1. The van der Waals surface area contributed by atoms with Crippen molar-refractivity contribution >= 4 is 21.7 Å². The standard InChI is InChI=1S/C18H19BrO/c1-4-12(2)14-7-9-15(10-8-14)18(20)16-6-5-13(3)17(19)11-16/h5-12H,4H2,1-3H3. The fourth-order valence-corrected chi connectivity index (χ4v) is 2.48. The monoisotopic (exact) mass is 330 g/mol. The van der Waals surface area contributed by atoms with Crippen molar-refractivity contribution in [3.63, 3.8) is 0 Å². The lowest BCUT2D eigenvalue weighted by Crippen LogP contribution is -2.02. The van der Waals surface area contributed by atoms with Gasteiger partial charge in [0.2, 0.25) is 0 Å². The van der Waals surface area contributed by atoms with Gasteiger partial charge in [-0.25, -0.2) is 0 Å². The minimum absolute atomic E-state index is 0.0707. The zero-order chi connectivity index (χ0) is 14.7. The maximum atomic E-state index is 12.4. The Morgan fingerprint density at radius 1 is 1.10 bits per heavy atom. The van der Waals surface area contributed by atoms with E-state index in [0.717, 1.165) is 27.6 Å². The highest BCUT2D eigenvalue weighted by Crippen LogP contribution is 2.22. The molecule has 20 heavy (non-hydrogen) atoms. The minimum Gasteiger partial charge on any atom is -0.289 e. The summed E-state index contributed by atoms with van der Waals surface area (Å²) in [5, 5.41) is 0. The largest absolute Gasteiger partial charge is 0.289 e. The summed E-state index contributed by atoms with van der Waals surface area (Å²) in [6.07, 6.45) is 1.11. The Kier molecular flexibility index (Phi) is 4.77. The van der Waals surface area contributed by atoms with Crippen LogP contribution in [0.1, 0.15) is 53.2 Å². The Bertz CT molecular complexity index is 614. The highest BCUT2D eigenvalue weighted by Gasteiger charge is 2.11. The molecule has 0 aromatic heterocycles. The molecular weight excluding hydrogens is 312 g/mol. The van der Waals surface area contributed by atoms with Crippen LogP contribution < -0.4 is 0 Å². The minimum atomic E-state index is 0.0707. The maximum absolute atomic E-state index is 12.4. The summed E-state index contributed by atoms with van der Waals surface area (Å²) < 4.78 is 0.972. The zero-order valence-corrected chi connectivity index (χ0v) is 13.7. The number of carbonyl (C=O) groups is 1. The average Bonchev–Trinajstić information content (AvgIpc) is 2.48. The van der Waals surface area contributed by atoms with Crippen LogP contribution >= 0.6 is 15.9 Å². The molecule has 2 aromatic rings. The normalized spacial score (nSPS) is 12.2. The molecule has 0 radical (unpaired) electrons. The predicted molar refractivity (Wildman–Crippen MR) is 87.5 cm³/mol. The third kappa shape index (κ3) is 3.18. The fraction of sp³-hybridized carbons (Fsp3) is 0.278. The first kappa shape index (κ1) is 15.0. The highest BCUT2D eigenvalue weighted by molar-refractivity contribution is 9.10. The van der Waals surface area contributed by atoms with Crippen molar-refractivity contribution in [1.82, 2.24) is 0 Å². The van der Waals surface area contributed by atoms with E-state index in [-0.39, 0.29) is 5.78 Å². The summed E-state index contributed by atoms with van der Waals surface area (Å²) >= 11 is 3.47. The molecule has 2 rings (SSSR count). The molecule has 1 unspecified atom stereocenters. The van der Waals surface area contributed by atoms with Gasteiger partial charge in [0.05, 0.1) is 0 Å². The van der Waals surface area contributed by atoms with Gasteiger partial charge in [-0.15, -0.1) is 0 Å². The van der Waals surface area contributed by atoms with E-state index in [1.165, 1.54) is 5.56 Å². The summed E-state index contributed by atoms with van der Waals surface area (Å²) in [6.45, 7) is 6.39. The molecule has 0 heterocycles. The van der Waals surface area contributed by atoms with Gasteiger partial charge in [0.1, 0.15) is 0 Å². The van der Waals surface area contributed by atoms with Crippen LogP contribution in [0, 0.1) is 6.92 Å². The lowest BCUT2D eigenvalue weighted by molar-refractivity contribution is 0.103. The Labute approximate surface area is 129 Å². The molecule has 0 bridgehead atoms. The molecule has 0 aliphatic carbocycles. The molecule has 0 saturated heterocycles. The van der Waals surface area contributed by atoms with Crippen molar-refractivity contribution in [2.45, 2.75) is 33.1 Å². The Balaban J connectivity index is 2.27. The molecule has 0 N–H and O–H groups in total. The molecule has 2 heteroatoms. The first-order valence-electron chi connectivity index (χ1n) is 6.93. The number of hydrogen-bond acceptors (Lipinski definition) is 1. The Morgan fingerprint density at radius 3 is 2.25 bits per heavy atom. The SMILES string of the molecule is CCC(C)c1ccc(C(=O)c2ccc(C)c(Br)c2)cc1.